The fraction of sp³-hybridized carbons (Fsp3) is 0.250. The van der Waals surface area contributed by atoms with Crippen molar-refractivity contribution in [3.63, 3.8) is 0 Å². The second-order valence-corrected chi connectivity index (χ2v) is 2.39. The Bertz CT molecular complexity index is 318. The third-order valence-electron chi connectivity index (χ3n) is 1.63. The molecule has 4 nitrogen and oxygen atoms in total. The summed E-state index contributed by atoms with van der Waals surface area (Å²) < 4.78 is 0. The second kappa shape index (κ2) is 7.82. The van der Waals surface area contributed by atoms with Crippen LogP contribution < -0.4 is 64.2 Å². The van der Waals surface area contributed by atoms with Crippen molar-refractivity contribution in [1.29, 1.82) is 0 Å². The first kappa shape index (κ1) is 17.0. The molecule has 0 unspecified atom stereocenters. The van der Waals surface area contributed by atoms with Gasteiger partial charge in [-0.2, -0.15) is 0 Å². The zero-order valence-electron chi connectivity index (χ0n) is 8.57. The molecule has 0 saturated heterocycles. The van der Waals surface area contributed by atoms with Gasteiger partial charge in [0.1, 0.15) is 5.75 Å². The maximum absolute atomic E-state index is 10.5. The number of aldehydes is 1. The number of carbonyl (C=O) groups is 1. The molecular formula is C8H8NNa2O3+. The SMILES string of the molecule is Cc1ncc(C[O-])c(C=O)c1O.[Na+].[Na+]. The fourth-order valence-corrected chi connectivity index (χ4v) is 0.899. The third-order valence-corrected chi connectivity index (χ3v) is 1.63. The molecule has 14 heavy (non-hydrogen) atoms. The van der Waals surface area contributed by atoms with E-state index in [2.05, 4.69) is 4.98 Å². The van der Waals surface area contributed by atoms with Crippen molar-refractivity contribution in [2.24, 2.45) is 0 Å². The Hall–Kier alpha value is 0.580. The van der Waals surface area contributed by atoms with E-state index in [1.54, 1.807) is 6.92 Å². The zero-order chi connectivity index (χ0) is 9.14. The van der Waals surface area contributed by atoms with Gasteiger partial charge in [0.05, 0.1) is 11.3 Å². The van der Waals surface area contributed by atoms with Crippen LogP contribution in [0.5, 0.6) is 5.75 Å². The average Bonchev–Trinajstić information content (AvgIpc) is 2.09. The summed E-state index contributed by atoms with van der Waals surface area (Å²) >= 11 is 0. The third kappa shape index (κ3) is 3.62. The summed E-state index contributed by atoms with van der Waals surface area (Å²) in [6.07, 6.45) is 1.78. The molecule has 0 radical (unpaired) electrons. The van der Waals surface area contributed by atoms with Crippen molar-refractivity contribution in [3.05, 3.63) is 23.0 Å². The molecule has 0 fully saturated rings. The van der Waals surface area contributed by atoms with E-state index in [-0.39, 0.29) is 76.0 Å². The summed E-state index contributed by atoms with van der Waals surface area (Å²) in [5, 5.41) is 19.7. The van der Waals surface area contributed by atoms with Crippen molar-refractivity contribution in [3.8, 4) is 5.75 Å². The van der Waals surface area contributed by atoms with Crippen LogP contribution in [0, 0.1) is 6.92 Å². The predicted octanol–water partition coefficient (Wildman–Crippen LogP) is -6.22. The Morgan fingerprint density at radius 2 is 2.14 bits per heavy atom. The van der Waals surface area contributed by atoms with Crippen LogP contribution in [0.2, 0.25) is 0 Å². The Labute approximate surface area is 126 Å². The molecule has 0 amide bonds. The number of carbonyl (C=O) groups excluding carboxylic acids is 1. The molecule has 1 aromatic rings. The van der Waals surface area contributed by atoms with Gasteiger partial charge in [-0.3, -0.25) is 9.78 Å². The number of pyridine rings is 1. The Balaban J connectivity index is 0. The van der Waals surface area contributed by atoms with Crippen LogP contribution in [0.3, 0.4) is 0 Å². The number of aromatic nitrogens is 1. The van der Waals surface area contributed by atoms with Gasteiger partial charge < -0.3 is 10.2 Å². The fourth-order valence-electron chi connectivity index (χ4n) is 0.899. The normalized spacial score (nSPS) is 8.43. The van der Waals surface area contributed by atoms with E-state index in [9.17, 15) is 15.0 Å². The van der Waals surface area contributed by atoms with Crippen LogP contribution in [0.15, 0.2) is 6.20 Å². The number of nitrogens with zero attached hydrogens (tertiary/aromatic N) is 1. The largest absolute Gasteiger partial charge is 1.00 e. The first-order valence-electron chi connectivity index (χ1n) is 3.41. The molecule has 0 aliphatic carbocycles. The first-order chi connectivity index (χ1) is 5.70. The van der Waals surface area contributed by atoms with E-state index in [4.69, 9.17) is 0 Å². The molecule has 0 spiro atoms. The Morgan fingerprint density at radius 1 is 1.57 bits per heavy atom. The van der Waals surface area contributed by atoms with E-state index >= 15 is 0 Å². The Morgan fingerprint density at radius 3 is 2.57 bits per heavy atom. The molecule has 64 valence electrons. The standard InChI is InChI=1S/C8H8NO3.2Na/c1-5-8(12)7(4-11)6(3-10)2-9-5;;/h2,4,12H,3H2,1H3;;/q-1;2*+1. The monoisotopic (exact) mass is 212 g/mol. The molecule has 0 aliphatic heterocycles. The van der Waals surface area contributed by atoms with Crippen molar-refractivity contribution in [1.82, 2.24) is 4.98 Å². The molecule has 1 N–H and O–H groups in total. The minimum Gasteiger partial charge on any atom is -0.851 e. The molecule has 0 bridgehead atoms. The molecule has 1 aromatic heterocycles. The van der Waals surface area contributed by atoms with E-state index in [1.165, 1.54) is 6.20 Å². The van der Waals surface area contributed by atoms with Gasteiger partial charge in [0.2, 0.25) is 0 Å². The topological polar surface area (TPSA) is 73.2 Å². The van der Waals surface area contributed by atoms with Crippen molar-refractivity contribution in [2.45, 2.75) is 13.5 Å². The molecule has 6 heteroatoms. The van der Waals surface area contributed by atoms with Crippen LogP contribution in [-0.2, 0) is 6.61 Å². The van der Waals surface area contributed by atoms with E-state index < -0.39 is 6.61 Å². The predicted molar refractivity (Wildman–Crippen MR) is 39.7 cm³/mol. The summed E-state index contributed by atoms with van der Waals surface area (Å²) in [6.45, 7) is 1.02. The Kier molecular flexibility index (Phi) is 9.49. The van der Waals surface area contributed by atoms with Crippen LogP contribution in [-0.4, -0.2) is 16.4 Å². The molecule has 1 rings (SSSR count). The second-order valence-electron chi connectivity index (χ2n) is 2.39. The van der Waals surface area contributed by atoms with Crippen molar-refractivity contribution < 1.29 is 74.1 Å². The van der Waals surface area contributed by atoms with E-state index in [0.717, 1.165) is 0 Å². The van der Waals surface area contributed by atoms with Gasteiger partial charge in [-0.1, -0.05) is 0 Å². The number of hydrogen-bond donors (Lipinski definition) is 1. The summed E-state index contributed by atoms with van der Waals surface area (Å²) in [6, 6.07) is 0. The summed E-state index contributed by atoms with van der Waals surface area (Å²) in [7, 11) is 0. The van der Waals surface area contributed by atoms with Gasteiger partial charge in [-0.15, -0.1) is 6.61 Å². The summed E-state index contributed by atoms with van der Waals surface area (Å²) in [5.74, 6) is -0.196. The zero-order valence-corrected chi connectivity index (χ0v) is 12.6. The molecule has 0 saturated carbocycles. The van der Waals surface area contributed by atoms with Crippen molar-refractivity contribution >= 4 is 6.29 Å². The van der Waals surface area contributed by atoms with Gasteiger partial charge in [0.25, 0.3) is 0 Å². The quantitative estimate of drug-likeness (QED) is 0.391. The van der Waals surface area contributed by atoms with E-state index in [1.807, 2.05) is 0 Å². The summed E-state index contributed by atoms with van der Waals surface area (Å²) in [4.78, 5) is 14.2. The maximum Gasteiger partial charge on any atom is 1.00 e. The summed E-state index contributed by atoms with van der Waals surface area (Å²) in [5.41, 5.74) is 0.639. The van der Waals surface area contributed by atoms with Gasteiger partial charge in [-0.05, 0) is 12.5 Å². The molecular weight excluding hydrogens is 204 g/mol. The number of rotatable bonds is 2. The van der Waals surface area contributed by atoms with Crippen LogP contribution >= 0.6 is 0 Å². The minimum atomic E-state index is -0.547. The van der Waals surface area contributed by atoms with E-state index in [0.29, 0.717) is 12.0 Å². The van der Waals surface area contributed by atoms with Crippen LogP contribution in [0.25, 0.3) is 0 Å². The van der Waals surface area contributed by atoms with Crippen molar-refractivity contribution in [2.75, 3.05) is 0 Å². The van der Waals surface area contributed by atoms with Gasteiger partial charge in [0, 0.05) is 6.20 Å². The number of hydrogen-bond acceptors (Lipinski definition) is 4. The molecule has 0 aliphatic rings. The van der Waals surface area contributed by atoms with Crippen LogP contribution in [0.1, 0.15) is 21.6 Å². The van der Waals surface area contributed by atoms with Gasteiger partial charge in [0.15, 0.2) is 6.29 Å². The van der Waals surface area contributed by atoms with Crippen LogP contribution in [0.4, 0.5) is 0 Å². The average molecular weight is 212 g/mol. The molecule has 1 heterocycles. The number of aromatic hydroxyl groups is 1. The smallest absolute Gasteiger partial charge is 0.851 e. The number of aryl methyl sites for hydroxylation is 1. The molecule has 0 aromatic carbocycles. The first-order valence-corrected chi connectivity index (χ1v) is 3.41. The molecule has 0 atom stereocenters. The minimum absolute atomic E-state index is 0. The van der Waals surface area contributed by atoms with Gasteiger partial charge >= 0.3 is 59.1 Å². The van der Waals surface area contributed by atoms with Gasteiger partial charge in [-0.25, -0.2) is 0 Å². The maximum atomic E-state index is 10.5.